The van der Waals surface area contributed by atoms with Crippen LogP contribution in [-0.2, 0) is 10.0 Å². The lowest BCUT2D eigenvalue weighted by molar-refractivity contribution is -0.0105. The van der Waals surface area contributed by atoms with E-state index in [4.69, 9.17) is 5.73 Å². The van der Waals surface area contributed by atoms with Crippen LogP contribution in [0.25, 0.3) is 0 Å². The summed E-state index contributed by atoms with van der Waals surface area (Å²) in [5.74, 6) is 0. The zero-order valence-electron chi connectivity index (χ0n) is 7.79. The Balaban J connectivity index is 1.80. The van der Waals surface area contributed by atoms with Crippen LogP contribution in [0, 0.1) is 5.41 Å². The molecule has 0 amide bonds. The Morgan fingerprint density at radius 3 is 2.23 bits per heavy atom. The molecule has 1 spiro atoms. The van der Waals surface area contributed by atoms with Crippen molar-refractivity contribution >= 4 is 10.0 Å². The van der Waals surface area contributed by atoms with Gasteiger partial charge < -0.3 is 5.73 Å². The second kappa shape index (κ2) is 2.68. The van der Waals surface area contributed by atoms with Crippen molar-refractivity contribution in [2.45, 2.75) is 37.8 Å². The van der Waals surface area contributed by atoms with Gasteiger partial charge in [-0.15, -0.1) is 0 Å². The van der Waals surface area contributed by atoms with E-state index in [0.29, 0.717) is 11.5 Å². The third kappa shape index (κ3) is 1.87. The fourth-order valence-corrected chi connectivity index (χ4v) is 3.53. The fraction of sp³-hybridized carbons (Fsp3) is 1.00. The molecule has 0 aromatic heterocycles. The molecular weight excluding hydrogens is 188 g/mol. The Hall–Kier alpha value is -0.130. The highest BCUT2D eigenvalue weighted by atomic mass is 32.2. The Bertz CT molecular complexity index is 298. The average Bonchev–Trinajstić information content (AvgIpc) is 1.76. The minimum Gasteiger partial charge on any atom is -0.328 e. The predicted octanol–water partition coefficient (Wildman–Crippen LogP) is -0.195. The van der Waals surface area contributed by atoms with E-state index in [0.717, 1.165) is 25.7 Å². The third-order valence-electron chi connectivity index (χ3n) is 3.13. The normalized spacial score (nSPS) is 44.2. The quantitative estimate of drug-likeness (QED) is 0.654. The summed E-state index contributed by atoms with van der Waals surface area (Å²) in [5.41, 5.74) is 6.10. The van der Waals surface area contributed by atoms with Gasteiger partial charge in [-0.2, -0.15) is 0 Å². The molecule has 0 radical (unpaired) electrons. The second-order valence-corrected chi connectivity index (χ2v) is 6.44. The van der Waals surface area contributed by atoms with E-state index >= 15 is 0 Å². The van der Waals surface area contributed by atoms with Gasteiger partial charge in [0.05, 0.1) is 6.26 Å². The second-order valence-electron chi connectivity index (χ2n) is 4.66. The van der Waals surface area contributed by atoms with E-state index < -0.39 is 10.0 Å². The molecule has 0 aromatic carbocycles. The molecule has 0 aromatic rings. The number of sulfonamides is 1. The van der Waals surface area contributed by atoms with Crippen LogP contribution in [0.1, 0.15) is 25.7 Å². The summed E-state index contributed by atoms with van der Waals surface area (Å²) in [6.45, 7) is 0. The summed E-state index contributed by atoms with van der Waals surface area (Å²) in [7, 11) is -3.01. The van der Waals surface area contributed by atoms with Gasteiger partial charge in [0.1, 0.15) is 0 Å². The van der Waals surface area contributed by atoms with Gasteiger partial charge in [-0.25, -0.2) is 13.1 Å². The van der Waals surface area contributed by atoms with Crippen molar-refractivity contribution in [3.8, 4) is 0 Å². The van der Waals surface area contributed by atoms with Crippen LogP contribution in [0.5, 0.6) is 0 Å². The lowest BCUT2D eigenvalue weighted by Crippen LogP contribution is -2.59. The zero-order valence-corrected chi connectivity index (χ0v) is 8.60. The van der Waals surface area contributed by atoms with E-state index in [-0.39, 0.29) is 6.04 Å². The number of hydrogen-bond acceptors (Lipinski definition) is 3. The smallest absolute Gasteiger partial charge is 0.208 e. The van der Waals surface area contributed by atoms with Crippen molar-refractivity contribution in [3.05, 3.63) is 0 Å². The van der Waals surface area contributed by atoms with Crippen LogP contribution < -0.4 is 10.5 Å². The van der Waals surface area contributed by atoms with E-state index in [9.17, 15) is 8.42 Å². The van der Waals surface area contributed by atoms with Gasteiger partial charge >= 0.3 is 0 Å². The molecule has 0 bridgehead atoms. The number of nitrogens with two attached hydrogens (primary N) is 1. The SMILES string of the molecule is CS(=O)(=O)NC1CC2(CC(N)C2)C1. The van der Waals surface area contributed by atoms with Gasteiger partial charge in [0.2, 0.25) is 10.0 Å². The molecule has 13 heavy (non-hydrogen) atoms. The Morgan fingerprint density at radius 1 is 1.31 bits per heavy atom. The molecule has 2 fully saturated rings. The topological polar surface area (TPSA) is 72.2 Å². The van der Waals surface area contributed by atoms with Gasteiger partial charge in [-0.1, -0.05) is 0 Å². The van der Waals surface area contributed by atoms with E-state index in [1.807, 2.05) is 0 Å². The molecule has 2 aliphatic carbocycles. The fourth-order valence-electron chi connectivity index (χ4n) is 2.76. The first kappa shape index (κ1) is 9.43. The lowest BCUT2D eigenvalue weighted by atomic mass is 9.52. The first-order chi connectivity index (χ1) is 5.89. The molecule has 0 saturated heterocycles. The van der Waals surface area contributed by atoms with Crippen molar-refractivity contribution in [2.24, 2.45) is 11.1 Å². The van der Waals surface area contributed by atoms with Gasteiger partial charge in [-0.05, 0) is 31.1 Å². The number of hydrogen-bond donors (Lipinski definition) is 2. The largest absolute Gasteiger partial charge is 0.328 e. The zero-order chi connectivity index (χ0) is 9.69. The molecule has 5 heteroatoms. The van der Waals surface area contributed by atoms with Crippen molar-refractivity contribution in [1.82, 2.24) is 4.72 Å². The van der Waals surface area contributed by atoms with Crippen LogP contribution in [-0.4, -0.2) is 26.8 Å². The van der Waals surface area contributed by atoms with Crippen LogP contribution in [0.2, 0.25) is 0 Å². The predicted molar refractivity (Wildman–Crippen MR) is 50.6 cm³/mol. The van der Waals surface area contributed by atoms with Crippen molar-refractivity contribution in [1.29, 1.82) is 0 Å². The summed E-state index contributed by atoms with van der Waals surface area (Å²) in [4.78, 5) is 0. The highest BCUT2D eigenvalue weighted by Crippen LogP contribution is 2.55. The maximum atomic E-state index is 10.9. The van der Waals surface area contributed by atoms with Gasteiger partial charge in [0, 0.05) is 12.1 Å². The van der Waals surface area contributed by atoms with Crippen LogP contribution >= 0.6 is 0 Å². The molecular formula is C8H16N2O2S. The molecule has 2 saturated carbocycles. The first-order valence-electron chi connectivity index (χ1n) is 4.61. The van der Waals surface area contributed by atoms with Crippen molar-refractivity contribution < 1.29 is 8.42 Å². The molecule has 2 rings (SSSR count). The summed E-state index contributed by atoms with van der Waals surface area (Å²) in [6.07, 6.45) is 5.33. The Labute approximate surface area is 78.9 Å². The molecule has 3 N–H and O–H groups in total. The molecule has 0 heterocycles. The van der Waals surface area contributed by atoms with Crippen LogP contribution in [0.4, 0.5) is 0 Å². The maximum absolute atomic E-state index is 10.9. The van der Waals surface area contributed by atoms with Crippen molar-refractivity contribution in [3.63, 3.8) is 0 Å². The monoisotopic (exact) mass is 204 g/mol. The lowest BCUT2D eigenvalue weighted by Gasteiger charge is -2.56. The van der Waals surface area contributed by atoms with E-state index in [1.54, 1.807) is 0 Å². The van der Waals surface area contributed by atoms with Gasteiger partial charge in [0.25, 0.3) is 0 Å². The van der Waals surface area contributed by atoms with Gasteiger partial charge in [0.15, 0.2) is 0 Å². The van der Waals surface area contributed by atoms with Crippen LogP contribution in [0.3, 0.4) is 0 Å². The molecule has 76 valence electrons. The van der Waals surface area contributed by atoms with E-state index in [1.165, 1.54) is 6.26 Å². The highest BCUT2D eigenvalue weighted by molar-refractivity contribution is 7.88. The molecule has 2 aliphatic rings. The highest BCUT2D eigenvalue weighted by Gasteiger charge is 2.52. The Morgan fingerprint density at radius 2 is 1.85 bits per heavy atom. The molecule has 4 nitrogen and oxygen atoms in total. The first-order valence-corrected chi connectivity index (χ1v) is 6.51. The van der Waals surface area contributed by atoms with Gasteiger partial charge in [-0.3, -0.25) is 0 Å². The maximum Gasteiger partial charge on any atom is 0.208 e. The number of nitrogens with one attached hydrogen (secondary N) is 1. The molecule has 0 unspecified atom stereocenters. The van der Waals surface area contributed by atoms with Crippen molar-refractivity contribution in [2.75, 3.05) is 6.26 Å². The standard InChI is InChI=1S/C8H16N2O2S/c1-13(11,12)10-7-4-8(5-7)2-6(9)3-8/h6-7,10H,2-5,9H2,1H3. The van der Waals surface area contributed by atoms with Crippen LogP contribution in [0.15, 0.2) is 0 Å². The van der Waals surface area contributed by atoms with E-state index in [2.05, 4.69) is 4.72 Å². The summed E-state index contributed by atoms with van der Waals surface area (Å²) < 4.78 is 24.4. The summed E-state index contributed by atoms with van der Waals surface area (Å²) in [5, 5.41) is 0. The third-order valence-corrected chi connectivity index (χ3v) is 3.89. The minimum atomic E-state index is -3.01. The Kier molecular flexibility index (Phi) is 1.94. The molecule has 0 aliphatic heterocycles. The average molecular weight is 204 g/mol. The molecule has 0 atom stereocenters. The summed E-state index contributed by atoms with van der Waals surface area (Å²) in [6, 6.07) is 0.529. The number of rotatable bonds is 2. The summed E-state index contributed by atoms with van der Waals surface area (Å²) >= 11 is 0. The minimum absolute atomic E-state index is 0.169.